The van der Waals surface area contributed by atoms with Gasteiger partial charge in [0.1, 0.15) is 11.5 Å². The molecule has 0 bridgehead atoms. The predicted molar refractivity (Wildman–Crippen MR) is 102 cm³/mol. The lowest BCUT2D eigenvalue weighted by atomic mass is 9.92. The second-order valence-electron chi connectivity index (χ2n) is 7.05. The molecule has 0 saturated carbocycles. The minimum Gasteiger partial charge on any atom is -0.508 e. The number of esters is 1. The SMILES string of the molecule is COC(=O)C[C@@H](c1cccc(O)c1)c1oc(CN2CCCCC2)cc(=O)c1O. The van der Waals surface area contributed by atoms with E-state index in [-0.39, 0.29) is 17.9 Å². The van der Waals surface area contributed by atoms with Gasteiger partial charge in [-0.3, -0.25) is 14.5 Å². The number of hydrogen-bond donors (Lipinski definition) is 2. The zero-order valence-corrected chi connectivity index (χ0v) is 15.9. The van der Waals surface area contributed by atoms with Gasteiger partial charge in [0.25, 0.3) is 0 Å². The van der Waals surface area contributed by atoms with Crippen molar-refractivity contribution in [1.82, 2.24) is 4.90 Å². The Morgan fingerprint density at radius 3 is 2.64 bits per heavy atom. The number of aromatic hydroxyl groups is 2. The molecule has 0 amide bonds. The summed E-state index contributed by atoms with van der Waals surface area (Å²) in [5.41, 5.74) is -0.0118. The minimum atomic E-state index is -0.756. The number of nitrogens with zero attached hydrogens (tertiary/aromatic N) is 1. The molecule has 0 radical (unpaired) electrons. The van der Waals surface area contributed by atoms with Crippen LogP contribution in [0, 0.1) is 0 Å². The first kappa shape index (κ1) is 19.9. The molecule has 7 heteroatoms. The van der Waals surface area contributed by atoms with Crippen LogP contribution in [-0.2, 0) is 16.1 Å². The van der Waals surface area contributed by atoms with Crippen LogP contribution < -0.4 is 5.43 Å². The van der Waals surface area contributed by atoms with Crippen molar-refractivity contribution in [3.8, 4) is 11.5 Å². The monoisotopic (exact) mass is 387 g/mol. The number of carbonyl (C=O) groups is 1. The van der Waals surface area contributed by atoms with Crippen molar-refractivity contribution in [2.75, 3.05) is 20.2 Å². The Morgan fingerprint density at radius 1 is 1.21 bits per heavy atom. The number of piperidine rings is 1. The van der Waals surface area contributed by atoms with Gasteiger partial charge in [-0.1, -0.05) is 18.6 Å². The average molecular weight is 387 g/mol. The average Bonchev–Trinajstić information content (AvgIpc) is 2.69. The van der Waals surface area contributed by atoms with Crippen molar-refractivity contribution in [2.45, 2.75) is 38.1 Å². The van der Waals surface area contributed by atoms with Gasteiger partial charge in [0.2, 0.25) is 11.2 Å². The lowest BCUT2D eigenvalue weighted by Gasteiger charge is -2.26. The standard InChI is InChI=1S/C21H25NO6/c1-27-19(25)12-17(14-6-5-7-15(23)10-14)21-20(26)18(24)11-16(28-21)13-22-8-3-2-4-9-22/h5-7,10-11,17,23,26H,2-4,8-9,12-13H2,1H3/t17-/m0/s1. The van der Waals surface area contributed by atoms with Crippen LogP contribution in [0.3, 0.4) is 0 Å². The molecule has 150 valence electrons. The third-order valence-corrected chi connectivity index (χ3v) is 5.02. The second kappa shape index (κ2) is 8.93. The van der Waals surface area contributed by atoms with E-state index in [0.29, 0.717) is 17.9 Å². The number of phenolic OH excluding ortho intramolecular Hbond substituents is 1. The molecule has 1 aliphatic heterocycles. The molecule has 0 spiro atoms. The molecule has 1 aromatic carbocycles. The smallest absolute Gasteiger partial charge is 0.306 e. The van der Waals surface area contributed by atoms with Crippen molar-refractivity contribution >= 4 is 5.97 Å². The van der Waals surface area contributed by atoms with Crippen LogP contribution >= 0.6 is 0 Å². The van der Waals surface area contributed by atoms with E-state index in [1.807, 2.05) is 0 Å². The number of methoxy groups -OCH3 is 1. The molecule has 7 nitrogen and oxygen atoms in total. The third-order valence-electron chi connectivity index (χ3n) is 5.02. The molecule has 0 unspecified atom stereocenters. The summed E-state index contributed by atoms with van der Waals surface area (Å²) in [6, 6.07) is 7.60. The van der Waals surface area contributed by atoms with Crippen LogP contribution in [0.15, 0.2) is 39.5 Å². The van der Waals surface area contributed by atoms with Gasteiger partial charge >= 0.3 is 5.97 Å². The van der Waals surface area contributed by atoms with Crippen LogP contribution in [0.25, 0.3) is 0 Å². The van der Waals surface area contributed by atoms with E-state index in [0.717, 1.165) is 25.9 Å². The van der Waals surface area contributed by atoms with Crippen LogP contribution in [-0.4, -0.2) is 41.3 Å². The van der Waals surface area contributed by atoms with Crippen molar-refractivity contribution in [1.29, 1.82) is 0 Å². The molecule has 1 aromatic heterocycles. The first-order chi connectivity index (χ1) is 13.5. The first-order valence-corrected chi connectivity index (χ1v) is 9.42. The van der Waals surface area contributed by atoms with Gasteiger partial charge in [-0.15, -0.1) is 0 Å². The Labute approximate surface area is 163 Å². The molecule has 1 saturated heterocycles. The van der Waals surface area contributed by atoms with Gasteiger partial charge in [0.05, 0.1) is 26.0 Å². The molecular weight excluding hydrogens is 362 g/mol. The lowest BCUT2D eigenvalue weighted by Crippen LogP contribution is -2.29. The van der Waals surface area contributed by atoms with Gasteiger partial charge in [0.15, 0.2) is 5.76 Å². The van der Waals surface area contributed by atoms with E-state index in [1.165, 1.54) is 31.7 Å². The van der Waals surface area contributed by atoms with E-state index in [9.17, 15) is 19.8 Å². The normalized spacial score (nSPS) is 15.9. The molecule has 3 rings (SSSR count). The van der Waals surface area contributed by atoms with Crippen LogP contribution in [0.4, 0.5) is 0 Å². The number of hydrogen-bond acceptors (Lipinski definition) is 7. The second-order valence-corrected chi connectivity index (χ2v) is 7.05. The number of ether oxygens (including phenoxy) is 1. The minimum absolute atomic E-state index is 0.00973. The van der Waals surface area contributed by atoms with E-state index >= 15 is 0 Å². The Bertz CT molecular complexity index is 885. The summed E-state index contributed by atoms with van der Waals surface area (Å²) in [6.45, 7) is 2.32. The summed E-state index contributed by atoms with van der Waals surface area (Å²) >= 11 is 0. The summed E-state index contributed by atoms with van der Waals surface area (Å²) in [6.07, 6.45) is 3.26. The Kier molecular flexibility index (Phi) is 6.36. The van der Waals surface area contributed by atoms with Gasteiger partial charge in [0, 0.05) is 6.07 Å². The summed E-state index contributed by atoms with van der Waals surface area (Å²) < 4.78 is 10.7. The van der Waals surface area contributed by atoms with E-state index < -0.39 is 23.1 Å². The van der Waals surface area contributed by atoms with Crippen molar-refractivity contribution in [2.24, 2.45) is 0 Å². The highest BCUT2D eigenvalue weighted by atomic mass is 16.5. The Balaban J connectivity index is 2.00. The number of carbonyl (C=O) groups excluding carboxylic acids is 1. The molecule has 1 atom stereocenters. The lowest BCUT2D eigenvalue weighted by molar-refractivity contribution is -0.140. The highest BCUT2D eigenvalue weighted by Crippen LogP contribution is 2.34. The molecule has 1 aliphatic rings. The maximum Gasteiger partial charge on any atom is 0.306 e. The number of rotatable bonds is 6. The summed E-state index contributed by atoms with van der Waals surface area (Å²) in [7, 11) is 1.27. The predicted octanol–water partition coefficient (Wildman–Crippen LogP) is 2.73. The third kappa shape index (κ3) is 4.72. The molecule has 2 N–H and O–H groups in total. The van der Waals surface area contributed by atoms with Gasteiger partial charge in [-0.05, 0) is 43.6 Å². The maximum atomic E-state index is 12.4. The van der Waals surface area contributed by atoms with Gasteiger partial charge in [-0.25, -0.2) is 0 Å². The van der Waals surface area contributed by atoms with Crippen LogP contribution in [0.2, 0.25) is 0 Å². The summed E-state index contributed by atoms with van der Waals surface area (Å²) in [5.74, 6) is -1.34. The van der Waals surface area contributed by atoms with E-state index in [1.54, 1.807) is 12.1 Å². The van der Waals surface area contributed by atoms with Crippen molar-refractivity contribution in [3.05, 3.63) is 57.6 Å². The zero-order chi connectivity index (χ0) is 20.1. The molecule has 28 heavy (non-hydrogen) atoms. The largest absolute Gasteiger partial charge is 0.508 e. The zero-order valence-electron chi connectivity index (χ0n) is 15.9. The Morgan fingerprint density at radius 2 is 1.96 bits per heavy atom. The first-order valence-electron chi connectivity index (χ1n) is 9.42. The fourth-order valence-corrected chi connectivity index (χ4v) is 3.56. The highest BCUT2D eigenvalue weighted by Gasteiger charge is 2.27. The molecule has 1 fully saturated rings. The molecular formula is C21H25NO6. The van der Waals surface area contributed by atoms with Gasteiger partial charge in [-0.2, -0.15) is 0 Å². The van der Waals surface area contributed by atoms with E-state index in [4.69, 9.17) is 9.15 Å². The van der Waals surface area contributed by atoms with Crippen LogP contribution in [0.5, 0.6) is 11.5 Å². The highest BCUT2D eigenvalue weighted by molar-refractivity contribution is 5.71. The number of phenols is 1. The topological polar surface area (TPSA) is 100 Å². The quantitative estimate of drug-likeness (QED) is 0.735. The fourth-order valence-electron chi connectivity index (χ4n) is 3.56. The summed E-state index contributed by atoms with van der Waals surface area (Å²) in [4.78, 5) is 26.5. The molecule has 2 aromatic rings. The van der Waals surface area contributed by atoms with E-state index in [2.05, 4.69) is 4.90 Å². The number of benzene rings is 1. The number of likely N-dealkylation sites (tertiary alicyclic amines) is 1. The molecule has 2 heterocycles. The van der Waals surface area contributed by atoms with Crippen LogP contribution in [0.1, 0.15) is 48.7 Å². The summed E-state index contributed by atoms with van der Waals surface area (Å²) in [5, 5.41) is 20.2. The maximum absolute atomic E-state index is 12.4. The van der Waals surface area contributed by atoms with Gasteiger partial charge < -0.3 is 19.4 Å². The fraction of sp³-hybridized carbons (Fsp3) is 0.429. The van der Waals surface area contributed by atoms with Crippen molar-refractivity contribution in [3.63, 3.8) is 0 Å². The molecule has 0 aliphatic carbocycles. The Hall–Kier alpha value is -2.80. The van der Waals surface area contributed by atoms with Crippen molar-refractivity contribution < 1.29 is 24.2 Å².